The minimum atomic E-state index is -2.52. The lowest BCUT2D eigenvalue weighted by Gasteiger charge is -2.09. The van der Waals surface area contributed by atoms with Gasteiger partial charge in [-0.05, 0) is 16.7 Å². The van der Waals surface area contributed by atoms with Crippen molar-refractivity contribution in [3.63, 3.8) is 0 Å². The molecule has 1 aliphatic carbocycles. The molecule has 0 atom stereocenters. The van der Waals surface area contributed by atoms with Crippen LogP contribution in [0.15, 0.2) is 16.7 Å². The molecule has 3 aromatic heterocycles. The highest BCUT2D eigenvalue weighted by atomic mass is 19.2. The summed E-state index contributed by atoms with van der Waals surface area (Å²) in [6, 6.07) is 14.0. The van der Waals surface area contributed by atoms with Crippen LogP contribution in [0.4, 0.5) is 58.4 Å². The predicted molar refractivity (Wildman–Crippen MR) is 227 cm³/mol. The fourth-order valence-corrected chi connectivity index (χ4v) is 7.22. The van der Waals surface area contributed by atoms with Crippen LogP contribution in [0.25, 0.3) is 59.6 Å². The van der Waals surface area contributed by atoms with E-state index in [1.807, 2.05) is 0 Å². The Morgan fingerprint density at radius 2 is 0.564 bits per heavy atom. The van der Waals surface area contributed by atoms with Gasteiger partial charge >= 0.3 is 0 Å². The number of hydrogen-bond donors (Lipinski definition) is 0. The Balaban J connectivity index is 0.000000251. The van der Waals surface area contributed by atoms with Crippen LogP contribution in [0.3, 0.4) is 0 Å². The summed E-state index contributed by atoms with van der Waals surface area (Å²) in [5, 5.41) is 93.0. The first-order valence-electron chi connectivity index (χ1n) is 19.6. The lowest BCUT2D eigenvalue weighted by Crippen LogP contribution is -2.06. The van der Waals surface area contributed by atoms with Crippen molar-refractivity contribution in [3.05, 3.63) is 171 Å². The van der Waals surface area contributed by atoms with Crippen LogP contribution < -0.4 is 0 Å². The van der Waals surface area contributed by atoms with Crippen LogP contribution in [0, 0.1) is 196 Å². The molecule has 78 heavy (non-hydrogen) atoms. The largest absolute Gasteiger partial charge is 0.262 e. The van der Waals surface area contributed by atoms with Gasteiger partial charge in [-0.3, -0.25) is 0 Å². The summed E-state index contributed by atoms with van der Waals surface area (Å²) in [7, 11) is 0. The Bertz CT molecular complexity index is 4020. The maximum absolute atomic E-state index is 15.0. The average Bonchev–Trinajstić information content (AvgIpc) is 4.35. The molecule has 1 saturated carbocycles. The van der Waals surface area contributed by atoms with Gasteiger partial charge in [0.15, 0.2) is 104 Å². The first-order chi connectivity index (χ1) is 37.2. The Labute approximate surface area is 422 Å². The molecule has 0 spiro atoms. The van der Waals surface area contributed by atoms with Crippen molar-refractivity contribution in [2.75, 3.05) is 0 Å². The van der Waals surface area contributed by atoms with Crippen LogP contribution >= 0.6 is 0 Å². The zero-order valence-corrected chi connectivity index (χ0v) is 36.6. The van der Waals surface area contributed by atoms with Crippen molar-refractivity contribution in [2.24, 2.45) is 0 Å². The number of fused-ring (bicyclic) bond motifs is 6. The van der Waals surface area contributed by atoms with Crippen molar-refractivity contribution < 1.29 is 52.7 Å². The summed E-state index contributed by atoms with van der Waals surface area (Å²) in [5.74, 6) is -29.7. The van der Waals surface area contributed by atoms with E-state index in [1.165, 1.54) is 0 Å². The van der Waals surface area contributed by atoms with Gasteiger partial charge in [-0.1, -0.05) is 0 Å². The van der Waals surface area contributed by atoms with E-state index in [2.05, 4.69) is 39.6 Å². The molecule has 1 fully saturated rings. The number of rotatable bonds is 3. The fourth-order valence-electron chi connectivity index (χ4n) is 7.22. The van der Waals surface area contributed by atoms with E-state index in [0.29, 0.717) is 0 Å². The molecule has 30 heteroatoms. The smallest absolute Gasteiger partial charge is 0.237 e. The van der Waals surface area contributed by atoms with E-state index in [-0.39, 0.29) is 67.3 Å². The van der Waals surface area contributed by atoms with Gasteiger partial charge < -0.3 is 0 Å². The molecule has 1 aliphatic rings. The normalized spacial score (nSPS) is 12.9. The number of hydrogen-bond acceptors (Lipinski definition) is 16. The van der Waals surface area contributed by atoms with Gasteiger partial charge in [0.05, 0.1) is 41.0 Å². The van der Waals surface area contributed by atoms with Gasteiger partial charge in [-0.25, -0.2) is 92.3 Å². The molecular formula is C48F12N18. The highest BCUT2D eigenvalue weighted by molar-refractivity contribution is 6.18. The second-order valence-electron chi connectivity index (χ2n) is 14.4. The Kier molecular flexibility index (Phi) is 13.6. The topological polar surface area (TPSA) is 324 Å². The molecule has 0 aliphatic heterocycles. The number of aromatic nitrogens is 6. The molecule has 0 amide bonds. The number of nitriles is 10. The van der Waals surface area contributed by atoms with Crippen molar-refractivity contribution in [1.82, 2.24) is 29.9 Å². The van der Waals surface area contributed by atoms with E-state index in [1.54, 1.807) is 36.4 Å². The van der Waals surface area contributed by atoms with Gasteiger partial charge in [0.1, 0.15) is 105 Å². The number of nitrogens with zero attached hydrogens (tertiary/aromatic N) is 18. The summed E-state index contributed by atoms with van der Waals surface area (Å²) < 4.78 is 177. The molecule has 0 bridgehead atoms. The molecule has 18 nitrogen and oxygen atoms in total. The third kappa shape index (κ3) is 7.78. The maximum atomic E-state index is 15.0. The third-order valence-corrected chi connectivity index (χ3v) is 10.6. The Hall–Kier alpha value is -12.8. The Morgan fingerprint density at radius 1 is 0.321 bits per heavy atom. The third-order valence-electron chi connectivity index (χ3n) is 10.6. The highest BCUT2D eigenvalue weighted by Gasteiger charge is 2.46. The summed E-state index contributed by atoms with van der Waals surface area (Å²) >= 11 is 0. The second kappa shape index (κ2) is 20.0. The van der Waals surface area contributed by atoms with E-state index in [4.69, 9.17) is 23.7 Å². The van der Waals surface area contributed by atoms with Crippen molar-refractivity contribution >= 4 is 55.6 Å². The molecule has 4 aromatic carbocycles. The summed E-state index contributed by atoms with van der Waals surface area (Å²) in [6.45, 7) is 14.1. The van der Waals surface area contributed by atoms with Crippen molar-refractivity contribution in [3.8, 4) is 60.7 Å². The number of allylic oxidation sites excluding steroid dienone is 5. The van der Waals surface area contributed by atoms with Gasteiger partial charge in [0.25, 0.3) is 5.69 Å². The van der Waals surface area contributed by atoms with Crippen LogP contribution in [-0.2, 0) is 0 Å². The van der Waals surface area contributed by atoms with Crippen LogP contribution in [0.5, 0.6) is 0 Å². The summed E-state index contributed by atoms with van der Waals surface area (Å²) in [5.41, 5.74) is -23.3. The van der Waals surface area contributed by atoms with E-state index >= 15 is 26.3 Å². The van der Waals surface area contributed by atoms with Gasteiger partial charge in [0, 0.05) is 0 Å². The van der Waals surface area contributed by atoms with Crippen LogP contribution in [-0.4, -0.2) is 29.9 Å². The molecule has 7 aromatic rings. The maximum Gasteiger partial charge on any atom is 0.262 e. The van der Waals surface area contributed by atoms with Crippen LogP contribution in [0.1, 0.15) is 62.0 Å². The summed E-state index contributed by atoms with van der Waals surface area (Å²) in [4.78, 5) is 29.5. The molecule has 0 saturated heterocycles. The zero-order valence-electron chi connectivity index (χ0n) is 36.6. The fraction of sp³-hybridized carbons (Fsp3) is 0. The molecule has 0 radical (unpaired) electrons. The predicted octanol–water partition coefficient (Wildman–Crippen LogP) is 8.99. The summed E-state index contributed by atoms with van der Waals surface area (Å²) in [6.07, 6.45) is 0. The highest BCUT2D eigenvalue weighted by Crippen LogP contribution is 2.58. The molecule has 3 heterocycles. The van der Waals surface area contributed by atoms with Crippen molar-refractivity contribution in [2.45, 2.75) is 0 Å². The SMILES string of the molecule is N#Cc1nc2c3nc(C#N)c(C#N)nc3c3nc(C#N)c(C#N)nc3c2nc1C#N.[C-]#[N+]C(=C1C(=C(C#N)c2c(F)c(F)c(C#N)c(F)c2F)C1=C(C#N)c1c(F)c(F)c([N+]#[C-])c(F)c1F)c1c(F)c(F)c(C#N)c(F)c1F. The zero-order chi connectivity index (χ0) is 57.5. The van der Waals surface area contributed by atoms with Crippen molar-refractivity contribution in [1.29, 1.82) is 52.6 Å². The van der Waals surface area contributed by atoms with E-state index in [0.717, 1.165) is 24.3 Å². The van der Waals surface area contributed by atoms with E-state index in [9.17, 15) is 68.4 Å². The molecular weight excluding hydrogens is 1060 g/mol. The van der Waals surface area contributed by atoms with Gasteiger partial charge in [0.2, 0.25) is 5.70 Å². The molecule has 0 unspecified atom stereocenters. The minimum Gasteiger partial charge on any atom is -0.237 e. The number of halogens is 12. The van der Waals surface area contributed by atoms with Crippen LogP contribution in [0.2, 0.25) is 0 Å². The lowest BCUT2D eigenvalue weighted by molar-refractivity contribution is 0.446. The van der Waals surface area contributed by atoms with Gasteiger partial charge in [-0.2, -0.15) is 52.6 Å². The molecule has 366 valence electrons. The number of benzene rings is 4. The molecule has 0 N–H and O–H groups in total. The lowest BCUT2D eigenvalue weighted by atomic mass is 9.99. The first-order valence-corrected chi connectivity index (χ1v) is 19.6. The van der Waals surface area contributed by atoms with E-state index < -0.39 is 137 Å². The average molecular weight is 1060 g/mol. The quantitative estimate of drug-likeness (QED) is 0.0523. The standard InChI is InChI=1S/C30F12N6.C18N12/c1-47-29(16-25(39)19(33)10(6-46)20(34)26(16)40)15-11(7(3-43)13-21(35)17(31)9(5-45)18(32)22(13)36)12(15)8(4-44)14-23(37)27(41)30(48-2)28(42)24(14)38;19-1-7-8(2-20)26-14-13(25-7)15-17(29-10(4-22)9(3-21)27-15)18-16(14)28-11(5-23)12(6-24)30-18. The van der Waals surface area contributed by atoms with Gasteiger partial charge in [-0.15, -0.1) is 0 Å². The minimum absolute atomic E-state index is 0.0237. The Morgan fingerprint density at radius 3 is 0.769 bits per heavy atom. The monoisotopic (exact) mass is 1060 g/mol. The second-order valence-corrected chi connectivity index (χ2v) is 14.4. The first kappa shape index (κ1) is 53.0. The molecule has 8 rings (SSSR count).